The lowest BCUT2D eigenvalue weighted by molar-refractivity contribution is -0.128. The summed E-state index contributed by atoms with van der Waals surface area (Å²) in [5.41, 5.74) is -1.54. The predicted octanol–water partition coefficient (Wildman–Crippen LogP) is 0.708. The van der Waals surface area contributed by atoms with Gasteiger partial charge >= 0.3 is 0 Å². The fraction of sp³-hybridized carbons (Fsp3) is 0.733. The maximum Gasteiger partial charge on any atom is 0.168 e. The molecule has 3 aliphatic carbocycles. The highest BCUT2D eigenvalue weighted by molar-refractivity contribution is 8.00. The standard InChI is InChI=1S/C15H18O4S/c1-13(2)10(17)8-9(11(13)18)14(3)6-5-20-12(8)15(14,19)4-7(6)16/h6,11-12,18-19H,4-5H2,1-3H3/t6-,11+,12+,14-,15-/m1/s1. The number of Topliss-reactive ketones (excluding diaryl/α,β-unsaturated/α-hetero) is 2. The minimum Gasteiger partial charge on any atom is -0.388 e. The van der Waals surface area contributed by atoms with Gasteiger partial charge in [-0.25, -0.2) is 0 Å². The molecule has 0 radical (unpaired) electrons. The summed E-state index contributed by atoms with van der Waals surface area (Å²) in [4.78, 5) is 24.9. The maximum absolute atomic E-state index is 12.7. The SMILES string of the molecule is CC1(C)C(=O)C2=C([C@@H]1O)[C@@]1(C)[C@@H]3CS[C@@H]2[C@]1(O)CC3=O. The van der Waals surface area contributed by atoms with E-state index in [2.05, 4.69) is 0 Å². The minimum atomic E-state index is -1.19. The van der Waals surface area contributed by atoms with Crippen LogP contribution < -0.4 is 0 Å². The summed E-state index contributed by atoms with van der Waals surface area (Å²) in [7, 11) is 0. The summed E-state index contributed by atoms with van der Waals surface area (Å²) in [5.74, 6) is 0.364. The summed E-state index contributed by atoms with van der Waals surface area (Å²) in [6, 6.07) is 0. The van der Waals surface area contributed by atoms with Crippen LogP contribution in [0.25, 0.3) is 0 Å². The van der Waals surface area contributed by atoms with Gasteiger partial charge in [0.25, 0.3) is 0 Å². The third-order valence-electron chi connectivity index (χ3n) is 6.19. The van der Waals surface area contributed by atoms with Gasteiger partial charge in [0.05, 0.1) is 22.4 Å². The highest BCUT2D eigenvalue weighted by atomic mass is 32.2. The number of aliphatic hydroxyl groups excluding tert-OH is 1. The number of fused-ring (bicyclic) bond motifs is 1. The van der Waals surface area contributed by atoms with E-state index in [1.165, 1.54) is 11.8 Å². The molecular formula is C15H18O4S. The normalized spacial score (nSPS) is 52.0. The molecule has 0 amide bonds. The molecule has 1 aliphatic heterocycles. The van der Waals surface area contributed by atoms with Crippen molar-refractivity contribution < 1.29 is 19.8 Å². The Hall–Kier alpha value is -0.650. The molecule has 1 heterocycles. The van der Waals surface area contributed by atoms with Crippen LogP contribution in [0.4, 0.5) is 0 Å². The number of carbonyl (C=O) groups excluding carboxylic acids is 2. The molecule has 108 valence electrons. The number of ketones is 2. The highest BCUT2D eigenvalue weighted by Crippen LogP contribution is 2.71. The number of hydrogen-bond acceptors (Lipinski definition) is 5. The van der Waals surface area contributed by atoms with E-state index < -0.39 is 22.5 Å². The van der Waals surface area contributed by atoms with Crippen molar-refractivity contribution in [3.63, 3.8) is 0 Å². The van der Waals surface area contributed by atoms with Crippen molar-refractivity contribution in [3.05, 3.63) is 11.1 Å². The molecule has 2 fully saturated rings. The van der Waals surface area contributed by atoms with Gasteiger partial charge in [-0.1, -0.05) is 6.92 Å². The molecule has 4 nitrogen and oxygen atoms in total. The Labute approximate surface area is 121 Å². The van der Waals surface area contributed by atoms with E-state index in [1.807, 2.05) is 6.92 Å². The third-order valence-corrected chi connectivity index (χ3v) is 7.68. The summed E-state index contributed by atoms with van der Waals surface area (Å²) >= 11 is 1.51. The molecule has 1 saturated heterocycles. The molecule has 0 aromatic carbocycles. The van der Waals surface area contributed by atoms with E-state index in [9.17, 15) is 19.8 Å². The molecule has 4 bridgehead atoms. The number of rotatable bonds is 0. The molecule has 5 atom stereocenters. The third kappa shape index (κ3) is 0.993. The second kappa shape index (κ2) is 3.23. The van der Waals surface area contributed by atoms with E-state index in [1.54, 1.807) is 13.8 Å². The Bertz CT molecular complexity index is 607. The van der Waals surface area contributed by atoms with Crippen molar-refractivity contribution in [2.24, 2.45) is 16.7 Å². The Morgan fingerprint density at radius 1 is 1.25 bits per heavy atom. The molecule has 0 aromatic rings. The molecule has 4 aliphatic rings. The average Bonchev–Trinajstić information content (AvgIpc) is 2.65. The van der Waals surface area contributed by atoms with Gasteiger partial charge in [-0.05, 0) is 19.4 Å². The Morgan fingerprint density at radius 3 is 2.55 bits per heavy atom. The fourth-order valence-corrected chi connectivity index (χ4v) is 6.73. The van der Waals surface area contributed by atoms with Gasteiger partial charge in [0.2, 0.25) is 0 Å². The number of carbonyl (C=O) groups is 2. The fourth-order valence-electron chi connectivity index (χ4n) is 4.82. The van der Waals surface area contributed by atoms with Crippen LogP contribution in [0.15, 0.2) is 11.1 Å². The molecule has 20 heavy (non-hydrogen) atoms. The van der Waals surface area contributed by atoms with Crippen LogP contribution in [0.2, 0.25) is 0 Å². The lowest BCUT2D eigenvalue weighted by Crippen LogP contribution is -2.55. The van der Waals surface area contributed by atoms with E-state index in [0.29, 0.717) is 16.9 Å². The van der Waals surface area contributed by atoms with Crippen LogP contribution in [0, 0.1) is 16.7 Å². The van der Waals surface area contributed by atoms with Crippen LogP contribution in [-0.2, 0) is 9.59 Å². The first-order valence-corrected chi connectivity index (χ1v) is 8.06. The molecule has 1 saturated carbocycles. The van der Waals surface area contributed by atoms with E-state index in [4.69, 9.17) is 0 Å². The first kappa shape index (κ1) is 13.0. The lowest BCUT2D eigenvalue weighted by Gasteiger charge is -2.47. The van der Waals surface area contributed by atoms with E-state index >= 15 is 0 Å². The number of hydrogen-bond donors (Lipinski definition) is 2. The minimum absolute atomic E-state index is 0.0605. The van der Waals surface area contributed by atoms with Crippen molar-refractivity contribution in [1.29, 1.82) is 0 Å². The van der Waals surface area contributed by atoms with Gasteiger partial charge in [0.15, 0.2) is 5.78 Å². The molecular weight excluding hydrogens is 276 g/mol. The zero-order chi connectivity index (χ0) is 14.7. The number of thioether (sulfide) groups is 1. The van der Waals surface area contributed by atoms with Crippen LogP contribution >= 0.6 is 11.8 Å². The second-order valence-electron chi connectivity index (χ2n) is 7.32. The monoisotopic (exact) mass is 294 g/mol. The van der Waals surface area contributed by atoms with E-state index in [-0.39, 0.29) is 29.2 Å². The maximum atomic E-state index is 12.7. The molecule has 0 spiro atoms. The van der Waals surface area contributed by atoms with Crippen molar-refractivity contribution >= 4 is 23.3 Å². The average molecular weight is 294 g/mol. The van der Waals surface area contributed by atoms with Crippen LogP contribution in [0.1, 0.15) is 27.2 Å². The molecule has 0 aromatic heterocycles. The van der Waals surface area contributed by atoms with Crippen LogP contribution in [-0.4, -0.2) is 44.5 Å². The zero-order valence-electron chi connectivity index (χ0n) is 11.8. The van der Waals surface area contributed by atoms with Crippen molar-refractivity contribution in [2.75, 3.05) is 5.75 Å². The Balaban J connectivity index is 2.00. The first-order chi connectivity index (χ1) is 9.17. The van der Waals surface area contributed by atoms with Gasteiger partial charge in [0.1, 0.15) is 5.78 Å². The molecule has 2 N–H and O–H groups in total. The van der Waals surface area contributed by atoms with Crippen molar-refractivity contribution in [2.45, 2.75) is 44.1 Å². The van der Waals surface area contributed by atoms with Crippen molar-refractivity contribution in [1.82, 2.24) is 0 Å². The van der Waals surface area contributed by atoms with Gasteiger partial charge in [-0.15, -0.1) is 11.8 Å². The molecule has 0 unspecified atom stereocenters. The largest absolute Gasteiger partial charge is 0.388 e. The smallest absolute Gasteiger partial charge is 0.168 e. The Morgan fingerprint density at radius 2 is 1.90 bits per heavy atom. The summed E-state index contributed by atoms with van der Waals surface area (Å²) in [6.07, 6.45) is -0.780. The Kier molecular flexibility index (Phi) is 2.11. The van der Waals surface area contributed by atoms with Crippen LogP contribution in [0.5, 0.6) is 0 Å². The van der Waals surface area contributed by atoms with E-state index in [0.717, 1.165) is 0 Å². The second-order valence-corrected chi connectivity index (χ2v) is 8.45. The summed E-state index contributed by atoms with van der Waals surface area (Å²) in [5, 5.41) is 21.4. The van der Waals surface area contributed by atoms with Gasteiger partial charge in [0, 0.05) is 29.1 Å². The highest BCUT2D eigenvalue weighted by Gasteiger charge is 2.77. The zero-order valence-corrected chi connectivity index (χ0v) is 12.6. The summed E-state index contributed by atoms with van der Waals surface area (Å²) in [6.45, 7) is 5.36. The molecule has 4 rings (SSSR count). The topological polar surface area (TPSA) is 74.6 Å². The molecule has 5 heteroatoms. The van der Waals surface area contributed by atoms with Crippen molar-refractivity contribution in [3.8, 4) is 0 Å². The predicted molar refractivity (Wildman–Crippen MR) is 74.2 cm³/mol. The first-order valence-electron chi connectivity index (χ1n) is 7.01. The quantitative estimate of drug-likeness (QED) is 0.688. The summed E-state index contributed by atoms with van der Waals surface area (Å²) < 4.78 is 0. The lowest BCUT2D eigenvalue weighted by atomic mass is 9.65. The van der Waals surface area contributed by atoms with Crippen LogP contribution in [0.3, 0.4) is 0 Å². The van der Waals surface area contributed by atoms with Gasteiger partial charge in [-0.2, -0.15) is 0 Å². The van der Waals surface area contributed by atoms with Gasteiger partial charge in [-0.3, -0.25) is 9.59 Å². The van der Waals surface area contributed by atoms with Gasteiger partial charge < -0.3 is 10.2 Å². The number of aliphatic hydroxyl groups is 2.